The minimum absolute atomic E-state index is 0.0855. The number of nitrogens with zero attached hydrogens (tertiary/aromatic N) is 1. The van der Waals surface area contributed by atoms with Gasteiger partial charge >= 0.3 is 6.09 Å². The van der Waals surface area contributed by atoms with Crippen molar-refractivity contribution in [2.75, 3.05) is 13.2 Å². The summed E-state index contributed by atoms with van der Waals surface area (Å²) in [5.74, 6) is 0.133. The molecule has 2 aromatic carbocycles. The largest absolute Gasteiger partial charge is 0.413 e. The highest BCUT2D eigenvalue weighted by molar-refractivity contribution is 5.86. The molecule has 0 bridgehead atoms. The second-order valence-electron chi connectivity index (χ2n) is 6.65. The molecule has 148 valence electrons. The molecule has 29 heavy (non-hydrogen) atoms. The van der Waals surface area contributed by atoms with Gasteiger partial charge in [0.1, 0.15) is 18.4 Å². The molecule has 2 aliphatic heterocycles. The van der Waals surface area contributed by atoms with Gasteiger partial charge in [-0.25, -0.2) is 9.86 Å². The topological polar surface area (TPSA) is 79.9 Å². The number of carbonyl (C=O) groups excluding carboxylic acids is 2. The molecule has 2 amide bonds. The molecular formula is C22H21N3O4. The van der Waals surface area contributed by atoms with Gasteiger partial charge in [0, 0.05) is 22.8 Å². The highest BCUT2D eigenvalue weighted by Gasteiger charge is 2.34. The summed E-state index contributed by atoms with van der Waals surface area (Å²) in [6.45, 7) is 0.509. The van der Waals surface area contributed by atoms with Gasteiger partial charge < -0.3 is 15.4 Å². The van der Waals surface area contributed by atoms with Crippen LogP contribution in [0.4, 0.5) is 4.79 Å². The van der Waals surface area contributed by atoms with E-state index in [0.29, 0.717) is 18.7 Å². The highest BCUT2D eigenvalue weighted by atomic mass is 16.7. The van der Waals surface area contributed by atoms with Crippen molar-refractivity contribution in [3.05, 3.63) is 76.8 Å². The molecule has 1 saturated heterocycles. The second kappa shape index (κ2) is 8.62. The highest BCUT2D eigenvalue weighted by Crippen LogP contribution is 2.11. The van der Waals surface area contributed by atoms with Crippen molar-refractivity contribution in [3.8, 4) is 5.75 Å². The number of benzene rings is 2. The zero-order valence-electron chi connectivity index (χ0n) is 15.7. The van der Waals surface area contributed by atoms with Gasteiger partial charge in [-0.05, 0) is 30.2 Å². The lowest BCUT2D eigenvalue weighted by atomic mass is 10.1. The lowest BCUT2D eigenvalue weighted by Gasteiger charge is -2.14. The Hall–Kier alpha value is -3.58. The molecule has 1 fully saturated rings. The monoisotopic (exact) mass is 391 g/mol. The normalized spacial score (nSPS) is 17.4. The minimum Gasteiger partial charge on any atom is -0.410 e. The van der Waals surface area contributed by atoms with Gasteiger partial charge in [0.25, 0.3) is 5.91 Å². The molecule has 2 aromatic rings. The summed E-state index contributed by atoms with van der Waals surface area (Å²) in [6.07, 6.45) is 7.25. The smallest absolute Gasteiger partial charge is 0.410 e. The van der Waals surface area contributed by atoms with Crippen LogP contribution >= 0.6 is 0 Å². The Morgan fingerprint density at radius 3 is 2.93 bits per heavy atom. The second-order valence-corrected chi connectivity index (χ2v) is 6.65. The Labute approximate surface area is 167 Å². The Morgan fingerprint density at radius 2 is 2.07 bits per heavy atom. The maximum absolute atomic E-state index is 12.5. The van der Waals surface area contributed by atoms with E-state index >= 15 is 0 Å². The van der Waals surface area contributed by atoms with Gasteiger partial charge in [-0.3, -0.25) is 9.63 Å². The van der Waals surface area contributed by atoms with E-state index < -0.39 is 12.1 Å². The fourth-order valence-electron chi connectivity index (χ4n) is 3.19. The number of hydrogen-bond donors (Lipinski definition) is 2. The van der Waals surface area contributed by atoms with Crippen molar-refractivity contribution in [1.82, 2.24) is 15.7 Å². The van der Waals surface area contributed by atoms with Crippen LogP contribution in [0.1, 0.15) is 5.56 Å². The zero-order valence-corrected chi connectivity index (χ0v) is 15.7. The lowest BCUT2D eigenvalue weighted by Crippen LogP contribution is -2.44. The number of nitrogens with one attached hydrogen (secondary N) is 2. The first-order valence-corrected chi connectivity index (χ1v) is 9.39. The van der Waals surface area contributed by atoms with Crippen molar-refractivity contribution in [3.63, 3.8) is 0 Å². The van der Waals surface area contributed by atoms with E-state index in [1.807, 2.05) is 54.8 Å². The Morgan fingerprint density at radius 1 is 1.21 bits per heavy atom. The summed E-state index contributed by atoms with van der Waals surface area (Å²) < 4.78 is 5.45. The van der Waals surface area contributed by atoms with E-state index in [2.05, 4.69) is 10.6 Å². The molecule has 0 aliphatic carbocycles. The molecule has 2 N–H and O–H groups in total. The quantitative estimate of drug-likeness (QED) is 0.788. The molecule has 2 heterocycles. The number of rotatable bonds is 5. The van der Waals surface area contributed by atoms with Crippen molar-refractivity contribution < 1.29 is 19.2 Å². The van der Waals surface area contributed by atoms with Gasteiger partial charge in [0.05, 0.1) is 6.54 Å². The molecule has 0 saturated carbocycles. The van der Waals surface area contributed by atoms with Gasteiger partial charge in [0.2, 0.25) is 0 Å². The van der Waals surface area contributed by atoms with Gasteiger partial charge in [-0.2, -0.15) is 0 Å². The Kier molecular flexibility index (Phi) is 5.58. The Bertz CT molecular complexity index is 1050. The maximum atomic E-state index is 12.5. The van der Waals surface area contributed by atoms with Crippen LogP contribution in [0.5, 0.6) is 5.75 Å². The van der Waals surface area contributed by atoms with Crippen molar-refractivity contribution in [1.29, 1.82) is 0 Å². The van der Waals surface area contributed by atoms with Crippen molar-refractivity contribution >= 4 is 24.3 Å². The van der Waals surface area contributed by atoms with Crippen LogP contribution in [0, 0.1) is 0 Å². The predicted octanol–water partition coefficient (Wildman–Crippen LogP) is 0.795. The molecule has 0 unspecified atom stereocenters. The van der Waals surface area contributed by atoms with Crippen LogP contribution in [0.2, 0.25) is 0 Å². The standard InChI is InChI=1S/C22H21N3O4/c26-21-19(15-28-25(21)13-11-16-6-2-1-3-7-16)24-22(27)29-20-10-4-8-17-14-23-12-5-9-18(17)20/h1-10,12,14,19,23H,11,13,15H2,(H,24,27)/t19-/m1/s1. The van der Waals surface area contributed by atoms with Crippen molar-refractivity contribution in [2.45, 2.75) is 12.5 Å². The lowest BCUT2D eigenvalue weighted by molar-refractivity contribution is -0.161. The number of allylic oxidation sites excluding steroid dienone is 1. The molecule has 7 nitrogen and oxygen atoms in total. The van der Waals surface area contributed by atoms with E-state index in [9.17, 15) is 9.59 Å². The third-order valence-corrected chi connectivity index (χ3v) is 4.68. The number of carbonyl (C=O) groups is 2. The first-order chi connectivity index (χ1) is 14.2. The molecule has 0 spiro atoms. The summed E-state index contributed by atoms with van der Waals surface area (Å²) in [7, 11) is 0. The molecule has 1 atom stereocenters. The fraction of sp³-hybridized carbons (Fsp3) is 0.182. The third-order valence-electron chi connectivity index (χ3n) is 4.68. The minimum atomic E-state index is -0.766. The summed E-state index contributed by atoms with van der Waals surface area (Å²) in [6, 6.07) is 14.5. The summed E-state index contributed by atoms with van der Waals surface area (Å²) >= 11 is 0. The number of hydrogen-bond acceptors (Lipinski definition) is 5. The van der Waals surface area contributed by atoms with E-state index in [-0.39, 0.29) is 12.5 Å². The fourth-order valence-corrected chi connectivity index (χ4v) is 3.19. The van der Waals surface area contributed by atoms with Crippen LogP contribution < -0.4 is 25.8 Å². The molecule has 7 heteroatoms. The van der Waals surface area contributed by atoms with Gasteiger partial charge in [-0.1, -0.05) is 42.5 Å². The predicted molar refractivity (Wildman–Crippen MR) is 108 cm³/mol. The first-order valence-electron chi connectivity index (χ1n) is 9.39. The number of hydroxylamine groups is 2. The molecule has 4 rings (SSSR count). The summed E-state index contributed by atoms with van der Waals surface area (Å²) in [5.41, 5.74) is 1.11. The maximum Gasteiger partial charge on any atom is 0.413 e. The van der Waals surface area contributed by atoms with E-state index in [4.69, 9.17) is 9.57 Å². The average molecular weight is 391 g/mol. The summed E-state index contributed by atoms with van der Waals surface area (Å²) in [4.78, 5) is 30.3. The van der Waals surface area contributed by atoms with Crippen LogP contribution in [-0.4, -0.2) is 36.3 Å². The van der Waals surface area contributed by atoms with Gasteiger partial charge in [0.15, 0.2) is 0 Å². The van der Waals surface area contributed by atoms with Gasteiger partial charge in [-0.15, -0.1) is 0 Å². The van der Waals surface area contributed by atoms with E-state index in [1.165, 1.54) is 5.06 Å². The first kappa shape index (κ1) is 18.8. The molecule has 0 aromatic heterocycles. The third kappa shape index (κ3) is 4.47. The molecule has 2 aliphatic rings. The Balaban J connectivity index is 1.36. The van der Waals surface area contributed by atoms with E-state index in [1.54, 1.807) is 18.3 Å². The van der Waals surface area contributed by atoms with E-state index in [0.717, 1.165) is 16.0 Å². The van der Waals surface area contributed by atoms with Crippen LogP contribution in [0.3, 0.4) is 0 Å². The number of ether oxygens (including phenoxy) is 1. The van der Waals surface area contributed by atoms with Crippen LogP contribution in [0.15, 0.2) is 60.8 Å². The average Bonchev–Trinajstić information content (AvgIpc) is 2.93. The van der Waals surface area contributed by atoms with Crippen LogP contribution in [-0.2, 0) is 16.1 Å². The number of amides is 2. The van der Waals surface area contributed by atoms with Crippen LogP contribution in [0.25, 0.3) is 12.3 Å². The van der Waals surface area contributed by atoms with Crippen molar-refractivity contribution in [2.24, 2.45) is 0 Å². The number of fused-ring (bicyclic) bond motifs is 1. The summed E-state index contributed by atoms with van der Waals surface area (Å²) in [5, 5.41) is 8.58. The SMILES string of the molecule is O=C(N[C@@H]1CON(CCc2ccccc2)C1=O)Oc1cccc2c1=CC=CNC=2. The zero-order chi connectivity index (χ0) is 20.1. The molecular weight excluding hydrogens is 370 g/mol. The molecule has 0 radical (unpaired) electrons.